The smallest absolute Gasteiger partial charge is 0.462 e. The Morgan fingerprint density at radius 3 is 0.760 bits per heavy atom. The van der Waals surface area contributed by atoms with E-state index in [0.29, 0.717) is 25.7 Å². The standard InChI is InChI=1S/C81H144O17P2/c1-5-9-13-17-21-25-29-33-37-41-45-49-53-57-61-65-78(83)91-71-76(97-80(85)67-63-59-55-51-47-43-39-35-31-27-23-19-15-11-7-3)73-95-99(87,88)93-69-75(82)70-94-100(89,90)96-74-77(98-81(86)68-64-60-56-52-48-44-40-36-32-28-24-20-16-12-8-4)72-92-79(84)66-62-58-54-50-46-42-38-34-30-26-22-18-14-10-6-2/h25,27-29,31-40,75-77,82H,5-24,26,30,41-74H2,1-4H3,(H,87,88)(H,89,90)/b29-25-,31-27-,32-28-,37-33-,38-34-,39-35-,40-36-/t75-,76-,77-/m1/s1. The number of phosphoric acid groups is 2. The number of carbonyl (C=O) groups excluding carboxylic acids is 4. The van der Waals surface area contributed by atoms with Gasteiger partial charge in [0.1, 0.15) is 19.3 Å². The number of hydrogen-bond acceptors (Lipinski definition) is 15. The van der Waals surface area contributed by atoms with Crippen molar-refractivity contribution < 1.29 is 80.2 Å². The number of aliphatic hydroxyl groups is 1. The zero-order chi connectivity index (χ0) is 73.2. The van der Waals surface area contributed by atoms with Crippen LogP contribution in [0.1, 0.15) is 349 Å². The molecule has 5 atom stereocenters. The molecule has 0 fully saturated rings. The van der Waals surface area contributed by atoms with E-state index in [4.69, 9.17) is 37.0 Å². The van der Waals surface area contributed by atoms with Gasteiger partial charge in [-0.3, -0.25) is 37.3 Å². The Bertz CT molecular complexity index is 2230. The van der Waals surface area contributed by atoms with E-state index in [1.165, 1.54) is 116 Å². The molecule has 17 nitrogen and oxygen atoms in total. The molecule has 0 spiro atoms. The van der Waals surface area contributed by atoms with E-state index in [1.54, 1.807) is 0 Å². The average molecular weight is 1450 g/mol. The van der Waals surface area contributed by atoms with Gasteiger partial charge >= 0.3 is 39.5 Å². The number of esters is 4. The van der Waals surface area contributed by atoms with Crippen molar-refractivity contribution in [1.29, 1.82) is 0 Å². The predicted molar refractivity (Wildman–Crippen MR) is 409 cm³/mol. The van der Waals surface area contributed by atoms with E-state index in [9.17, 15) is 43.2 Å². The molecule has 0 aliphatic carbocycles. The quantitative estimate of drug-likeness (QED) is 0.0128. The van der Waals surface area contributed by atoms with Crippen LogP contribution in [0.15, 0.2) is 85.1 Å². The lowest BCUT2D eigenvalue weighted by Crippen LogP contribution is -2.30. The summed E-state index contributed by atoms with van der Waals surface area (Å²) in [6.45, 7) is 4.79. The van der Waals surface area contributed by atoms with Crippen LogP contribution >= 0.6 is 15.6 Å². The van der Waals surface area contributed by atoms with Gasteiger partial charge in [-0.1, -0.05) is 280 Å². The number of hydrogen-bond donors (Lipinski definition) is 3. The van der Waals surface area contributed by atoms with Gasteiger partial charge in [0.05, 0.1) is 26.4 Å². The summed E-state index contributed by atoms with van der Waals surface area (Å²) in [5, 5.41) is 10.6. The van der Waals surface area contributed by atoms with Crippen molar-refractivity contribution in [2.24, 2.45) is 0 Å². The van der Waals surface area contributed by atoms with Crippen LogP contribution in [-0.2, 0) is 65.4 Å². The summed E-state index contributed by atoms with van der Waals surface area (Å²) in [6.07, 6.45) is 75.5. The van der Waals surface area contributed by atoms with Crippen LogP contribution in [0.5, 0.6) is 0 Å². The lowest BCUT2D eigenvalue weighted by molar-refractivity contribution is -0.161. The molecule has 0 saturated carbocycles. The number of rotatable bonds is 75. The van der Waals surface area contributed by atoms with Crippen LogP contribution < -0.4 is 0 Å². The molecule has 0 amide bonds. The topological polar surface area (TPSA) is 237 Å². The summed E-state index contributed by atoms with van der Waals surface area (Å²) in [7, 11) is -9.96. The Balaban J connectivity index is 5.39. The molecule has 3 N–H and O–H groups in total. The van der Waals surface area contributed by atoms with Gasteiger partial charge in [0.25, 0.3) is 0 Å². The van der Waals surface area contributed by atoms with Gasteiger partial charge < -0.3 is 33.8 Å². The van der Waals surface area contributed by atoms with Gasteiger partial charge in [-0.05, 0) is 128 Å². The van der Waals surface area contributed by atoms with Crippen LogP contribution in [-0.4, -0.2) is 96.7 Å². The Kier molecular flexibility index (Phi) is 70.8. The third kappa shape index (κ3) is 72.6. The first-order chi connectivity index (χ1) is 48.7. The van der Waals surface area contributed by atoms with E-state index in [2.05, 4.69) is 113 Å². The van der Waals surface area contributed by atoms with E-state index >= 15 is 0 Å². The maximum absolute atomic E-state index is 13.1. The first-order valence-electron chi connectivity index (χ1n) is 39.9. The second kappa shape index (κ2) is 73.5. The van der Waals surface area contributed by atoms with Gasteiger partial charge in [-0.25, -0.2) is 9.13 Å². The zero-order valence-corrected chi connectivity index (χ0v) is 65.2. The van der Waals surface area contributed by atoms with Crippen molar-refractivity contribution in [3.05, 3.63) is 85.1 Å². The maximum atomic E-state index is 13.1. The van der Waals surface area contributed by atoms with Gasteiger partial charge in [0.15, 0.2) is 12.2 Å². The molecule has 0 aromatic heterocycles. The lowest BCUT2D eigenvalue weighted by atomic mass is 10.1. The lowest BCUT2D eigenvalue weighted by Gasteiger charge is -2.21. The Morgan fingerprint density at radius 2 is 0.490 bits per heavy atom. The van der Waals surface area contributed by atoms with Crippen molar-refractivity contribution in [3.8, 4) is 0 Å². The van der Waals surface area contributed by atoms with E-state index in [1.807, 2.05) is 0 Å². The fourth-order valence-corrected chi connectivity index (χ4v) is 12.3. The zero-order valence-electron chi connectivity index (χ0n) is 63.4. The molecule has 2 unspecified atom stereocenters. The summed E-state index contributed by atoms with van der Waals surface area (Å²) >= 11 is 0. The van der Waals surface area contributed by atoms with Crippen molar-refractivity contribution in [2.45, 2.75) is 367 Å². The summed E-state index contributed by atoms with van der Waals surface area (Å²) < 4.78 is 68.5. The van der Waals surface area contributed by atoms with Crippen LogP contribution in [0.4, 0.5) is 0 Å². The first-order valence-corrected chi connectivity index (χ1v) is 42.9. The Hall–Kier alpha value is -3.76. The van der Waals surface area contributed by atoms with Crippen molar-refractivity contribution in [1.82, 2.24) is 0 Å². The number of allylic oxidation sites excluding steroid dienone is 14. The molecule has 0 saturated heterocycles. The van der Waals surface area contributed by atoms with E-state index < -0.39 is 97.5 Å². The second-order valence-electron chi connectivity index (χ2n) is 26.7. The number of unbranched alkanes of at least 4 members (excludes halogenated alkanes) is 38. The van der Waals surface area contributed by atoms with Crippen molar-refractivity contribution in [2.75, 3.05) is 39.6 Å². The third-order valence-corrected chi connectivity index (χ3v) is 18.8. The molecular weight excluding hydrogens is 1310 g/mol. The SMILES string of the molecule is CCCCCC/C=C\C=C/CCCCCCCC(=O)OC[C@H](COP(=O)(O)OC[C@@H](O)COP(=O)(O)OC[C@@H](COC(=O)CCCCCCC/C=C\CCCCCCCC)OC(=O)CCCCCCC/C=C\C=C/CCCCCC)OC(=O)CCCCCCC/C=C\C=C/CCCCCC. The minimum absolute atomic E-state index is 0.0748. The van der Waals surface area contributed by atoms with E-state index in [0.717, 1.165) is 154 Å². The molecule has 0 radical (unpaired) electrons. The molecule has 0 rings (SSSR count). The van der Waals surface area contributed by atoms with Crippen LogP contribution in [0.2, 0.25) is 0 Å². The molecule has 0 bridgehead atoms. The third-order valence-electron chi connectivity index (χ3n) is 16.9. The molecular formula is C81H144O17P2. The highest BCUT2D eigenvalue weighted by Crippen LogP contribution is 2.45. The molecule has 0 heterocycles. The minimum atomic E-state index is -4.98. The first kappa shape index (κ1) is 96.2. The maximum Gasteiger partial charge on any atom is 0.472 e. The predicted octanol–water partition coefficient (Wildman–Crippen LogP) is 23.0. The highest BCUT2D eigenvalue weighted by atomic mass is 31.2. The molecule has 19 heteroatoms. The van der Waals surface area contributed by atoms with Crippen LogP contribution in [0.3, 0.4) is 0 Å². The van der Waals surface area contributed by atoms with Gasteiger partial charge in [0.2, 0.25) is 0 Å². The fourth-order valence-electron chi connectivity index (χ4n) is 10.7. The molecule has 100 heavy (non-hydrogen) atoms. The van der Waals surface area contributed by atoms with Crippen LogP contribution in [0.25, 0.3) is 0 Å². The Morgan fingerprint density at radius 1 is 0.280 bits per heavy atom. The summed E-state index contributed by atoms with van der Waals surface area (Å²) in [6, 6.07) is 0. The highest BCUT2D eigenvalue weighted by molar-refractivity contribution is 7.47. The van der Waals surface area contributed by atoms with Crippen LogP contribution in [0, 0.1) is 0 Å². The molecule has 0 aromatic carbocycles. The molecule has 0 aromatic rings. The monoisotopic (exact) mass is 1450 g/mol. The number of aliphatic hydroxyl groups excluding tert-OH is 1. The number of phosphoric ester groups is 2. The van der Waals surface area contributed by atoms with E-state index in [-0.39, 0.29) is 25.7 Å². The average Bonchev–Trinajstić information content (AvgIpc) is 1.01. The minimum Gasteiger partial charge on any atom is -0.462 e. The highest BCUT2D eigenvalue weighted by Gasteiger charge is 2.30. The van der Waals surface area contributed by atoms with Gasteiger partial charge in [0, 0.05) is 25.7 Å². The van der Waals surface area contributed by atoms with Gasteiger partial charge in [-0.2, -0.15) is 0 Å². The van der Waals surface area contributed by atoms with Crippen molar-refractivity contribution in [3.63, 3.8) is 0 Å². The van der Waals surface area contributed by atoms with Gasteiger partial charge in [-0.15, -0.1) is 0 Å². The number of carbonyl (C=O) groups is 4. The summed E-state index contributed by atoms with van der Waals surface area (Å²) in [5.41, 5.74) is 0. The largest absolute Gasteiger partial charge is 0.472 e. The number of ether oxygens (including phenoxy) is 4. The molecule has 580 valence electrons. The second-order valence-corrected chi connectivity index (χ2v) is 29.6. The summed E-state index contributed by atoms with van der Waals surface area (Å²) in [5.74, 6) is -2.22. The molecule has 0 aliphatic heterocycles. The summed E-state index contributed by atoms with van der Waals surface area (Å²) in [4.78, 5) is 73.0. The molecule has 0 aliphatic rings. The Labute approximate surface area is 608 Å². The van der Waals surface area contributed by atoms with Crippen molar-refractivity contribution >= 4 is 39.5 Å². The fraction of sp³-hybridized carbons (Fsp3) is 0.778. The normalized spacial score (nSPS) is 14.3.